The molecule has 3 aromatic rings. The Hall–Kier alpha value is -3.34. The number of aromatic nitrogens is 1. The lowest BCUT2D eigenvalue weighted by Crippen LogP contribution is -2.36. The highest BCUT2D eigenvalue weighted by Gasteiger charge is 2.19. The van der Waals surface area contributed by atoms with E-state index >= 15 is 0 Å². The lowest BCUT2D eigenvalue weighted by molar-refractivity contribution is 0.0690. The van der Waals surface area contributed by atoms with Crippen LogP contribution in [0.15, 0.2) is 72.9 Å². The molecule has 3 rings (SSSR count). The van der Waals surface area contributed by atoms with Crippen molar-refractivity contribution in [3.63, 3.8) is 0 Å². The molecule has 1 N–H and O–H groups in total. The Morgan fingerprint density at radius 2 is 1.72 bits per heavy atom. The Morgan fingerprint density at radius 3 is 2.31 bits per heavy atom. The molecule has 29 heavy (non-hydrogen) atoms. The van der Waals surface area contributed by atoms with Gasteiger partial charge in [-0.05, 0) is 49.2 Å². The molecule has 2 aromatic carbocycles. The van der Waals surface area contributed by atoms with Crippen molar-refractivity contribution in [3.8, 4) is 5.75 Å². The fraction of sp³-hybridized carbons (Fsp3) is 0.250. The third-order valence-corrected chi connectivity index (χ3v) is 4.72. The molecule has 0 bridgehead atoms. The average Bonchev–Trinajstić information content (AvgIpc) is 2.77. The van der Waals surface area contributed by atoms with Gasteiger partial charge < -0.3 is 15.0 Å². The molecular weight excluding hydrogens is 362 g/mol. The van der Waals surface area contributed by atoms with E-state index in [1.54, 1.807) is 13.3 Å². The van der Waals surface area contributed by atoms with Crippen molar-refractivity contribution in [1.29, 1.82) is 0 Å². The predicted molar refractivity (Wildman–Crippen MR) is 116 cm³/mol. The summed E-state index contributed by atoms with van der Waals surface area (Å²) in [6.45, 7) is 5.28. The van der Waals surface area contributed by atoms with Crippen molar-refractivity contribution in [2.45, 2.75) is 33.0 Å². The summed E-state index contributed by atoms with van der Waals surface area (Å²) in [6, 6.07) is 21.7. The largest absolute Gasteiger partial charge is 0.497 e. The van der Waals surface area contributed by atoms with Crippen molar-refractivity contribution in [1.82, 2.24) is 9.88 Å². The summed E-state index contributed by atoms with van der Waals surface area (Å²) < 4.78 is 5.17. The zero-order chi connectivity index (χ0) is 20.6. The van der Waals surface area contributed by atoms with Crippen molar-refractivity contribution < 1.29 is 9.53 Å². The fourth-order valence-corrected chi connectivity index (χ4v) is 3.00. The van der Waals surface area contributed by atoms with Gasteiger partial charge in [0.25, 0.3) is 5.91 Å². The average molecular weight is 389 g/mol. The number of carbonyl (C=O) groups excluding carboxylic acids is 1. The molecule has 0 unspecified atom stereocenters. The summed E-state index contributed by atoms with van der Waals surface area (Å²) in [5, 5.41) is 3.28. The maximum absolute atomic E-state index is 13.0. The molecule has 0 aliphatic rings. The van der Waals surface area contributed by atoms with Gasteiger partial charge in [0.1, 0.15) is 11.6 Å². The Kier molecular flexibility index (Phi) is 6.85. The monoisotopic (exact) mass is 389 g/mol. The van der Waals surface area contributed by atoms with Gasteiger partial charge in [0.05, 0.1) is 12.7 Å². The van der Waals surface area contributed by atoms with Crippen LogP contribution in [-0.2, 0) is 13.1 Å². The number of amides is 1. The minimum atomic E-state index is -0.0157. The van der Waals surface area contributed by atoms with Gasteiger partial charge in [0.15, 0.2) is 0 Å². The van der Waals surface area contributed by atoms with E-state index < -0.39 is 0 Å². The van der Waals surface area contributed by atoms with Crippen LogP contribution in [-0.4, -0.2) is 28.9 Å². The van der Waals surface area contributed by atoms with Crippen LogP contribution in [0.25, 0.3) is 0 Å². The Morgan fingerprint density at radius 1 is 1.00 bits per heavy atom. The van der Waals surface area contributed by atoms with Crippen LogP contribution in [0, 0.1) is 0 Å². The molecule has 1 aromatic heterocycles. The third kappa shape index (κ3) is 5.57. The van der Waals surface area contributed by atoms with Crippen molar-refractivity contribution in [2.24, 2.45) is 0 Å². The molecule has 0 saturated carbocycles. The number of methoxy groups -OCH3 is 1. The van der Waals surface area contributed by atoms with Gasteiger partial charge in [-0.2, -0.15) is 0 Å². The van der Waals surface area contributed by atoms with Crippen LogP contribution in [0.2, 0.25) is 0 Å². The molecule has 5 nitrogen and oxygen atoms in total. The normalized spacial score (nSPS) is 10.6. The molecule has 0 saturated heterocycles. The van der Waals surface area contributed by atoms with Crippen LogP contribution in [0.4, 0.5) is 5.82 Å². The summed E-state index contributed by atoms with van der Waals surface area (Å²) in [4.78, 5) is 19.3. The molecule has 0 aliphatic carbocycles. The second-order valence-corrected chi connectivity index (χ2v) is 7.15. The van der Waals surface area contributed by atoms with Gasteiger partial charge in [0.2, 0.25) is 0 Å². The van der Waals surface area contributed by atoms with Crippen LogP contribution in [0.1, 0.15) is 35.3 Å². The number of pyridine rings is 1. The molecule has 1 heterocycles. The molecule has 0 radical (unpaired) electrons. The summed E-state index contributed by atoms with van der Waals surface area (Å²) >= 11 is 0. The second-order valence-electron chi connectivity index (χ2n) is 7.15. The van der Waals surface area contributed by atoms with E-state index in [-0.39, 0.29) is 11.9 Å². The maximum atomic E-state index is 13.0. The van der Waals surface area contributed by atoms with E-state index in [0.717, 1.165) is 22.7 Å². The Balaban J connectivity index is 1.63. The van der Waals surface area contributed by atoms with Gasteiger partial charge in [-0.15, -0.1) is 0 Å². The van der Waals surface area contributed by atoms with E-state index in [4.69, 9.17) is 4.74 Å². The van der Waals surface area contributed by atoms with E-state index in [2.05, 4.69) is 10.3 Å². The zero-order valence-electron chi connectivity index (χ0n) is 17.1. The van der Waals surface area contributed by atoms with Gasteiger partial charge >= 0.3 is 0 Å². The summed E-state index contributed by atoms with van der Waals surface area (Å²) in [5.74, 6) is 1.55. The fourth-order valence-electron chi connectivity index (χ4n) is 3.00. The first-order chi connectivity index (χ1) is 14.1. The summed E-state index contributed by atoms with van der Waals surface area (Å²) in [7, 11) is 1.65. The minimum Gasteiger partial charge on any atom is -0.497 e. The van der Waals surface area contributed by atoms with Gasteiger partial charge in [-0.25, -0.2) is 4.98 Å². The molecule has 150 valence electrons. The van der Waals surface area contributed by atoms with Crippen molar-refractivity contribution in [3.05, 3.63) is 89.6 Å². The van der Waals surface area contributed by atoms with Gasteiger partial charge in [-0.1, -0.05) is 42.5 Å². The van der Waals surface area contributed by atoms with E-state index in [1.165, 1.54) is 0 Å². The third-order valence-electron chi connectivity index (χ3n) is 4.72. The summed E-state index contributed by atoms with van der Waals surface area (Å²) in [5.41, 5.74) is 2.83. The van der Waals surface area contributed by atoms with Crippen molar-refractivity contribution >= 4 is 11.7 Å². The molecule has 5 heteroatoms. The molecular formula is C24H27N3O2. The first-order valence-electron chi connectivity index (χ1n) is 9.74. The molecule has 0 fully saturated rings. The predicted octanol–water partition coefficient (Wildman–Crippen LogP) is 4.75. The molecule has 0 atom stereocenters. The lowest BCUT2D eigenvalue weighted by Gasteiger charge is -2.27. The number of rotatable bonds is 8. The van der Waals surface area contributed by atoms with Crippen LogP contribution >= 0.6 is 0 Å². The second kappa shape index (κ2) is 9.73. The number of nitrogens with one attached hydrogen (secondary N) is 1. The van der Waals surface area contributed by atoms with E-state index in [9.17, 15) is 4.79 Å². The Labute approximate surface area is 172 Å². The quantitative estimate of drug-likeness (QED) is 0.604. The topological polar surface area (TPSA) is 54.5 Å². The highest BCUT2D eigenvalue weighted by molar-refractivity contribution is 5.94. The number of hydrogen-bond donors (Lipinski definition) is 1. The number of anilines is 1. The summed E-state index contributed by atoms with van der Waals surface area (Å²) in [6.07, 6.45) is 1.64. The number of carbonyl (C=O) groups is 1. The maximum Gasteiger partial charge on any atom is 0.255 e. The van der Waals surface area contributed by atoms with E-state index in [1.807, 2.05) is 85.5 Å². The molecule has 1 amide bonds. The van der Waals surface area contributed by atoms with Crippen molar-refractivity contribution in [2.75, 3.05) is 12.4 Å². The Bertz CT molecular complexity index is 907. The van der Waals surface area contributed by atoms with Crippen LogP contribution in [0.5, 0.6) is 5.75 Å². The van der Waals surface area contributed by atoms with Crippen LogP contribution < -0.4 is 10.1 Å². The lowest BCUT2D eigenvalue weighted by atomic mass is 10.1. The highest BCUT2D eigenvalue weighted by atomic mass is 16.5. The standard InChI is InChI=1S/C24H27N3O2/c1-18(2)27(17-20-7-5-4-6-8-20)24(28)21-11-14-23(26-16-21)25-15-19-9-12-22(29-3)13-10-19/h4-14,16,18H,15,17H2,1-3H3,(H,25,26). The van der Waals surface area contributed by atoms with Gasteiger partial charge in [0, 0.05) is 25.3 Å². The van der Waals surface area contributed by atoms with Crippen LogP contribution in [0.3, 0.4) is 0 Å². The number of hydrogen-bond acceptors (Lipinski definition) is 4. The number of nitrogens with zero attached hydrogens (tertiary/aromatic N) is 2. The first-order valence-corrected chi connectivity index (χ1v) is 9.74. The smallest absolute Gasteiger partial charge is 0.255 e. The molecule has 0 aliphatic heterocycles. The highest BCUT2D eigenvalue weighted by Crippen LogP contribution is 2.16. The first kappa shape index (κ1) is 20.4. The minimum absolute atomic E-state index is 0.0157. The number of benzene rings is 2. The van der Waals surface area contributed by atoms with Gasteiger partial charge in [-0.3, -0.25) is 4.79 Å². The number of ether oxygens (including phenoxy) is 1. The zero-order valence-corrected chi connectivity index (χ0v) is 17.1. The molecule has 0 spiro atoms. The SMILES string of the molecule is COc1ccc(CNc2ccc(C(=O)N(Cc3ccccc3)C(C)C)cn2)cc1. The van der Waals surface area contributed by atoms with E-state index in [0.29, 0.717) is 18.7 Å².